The smallest absolute Gasteiger partial charge is 0.262 e. The van der Waals surface area contributed by atoms with Crippen LogP contribution in [0.3, 0.4) is 0 Å². The highest BCUT2D eigenvalue weighted by Crippen LogP contribution is 2.35. The van der Waals surface area contributed by atoms with E-state index < -0.39 is 0 Å². The monoisotopic (exact) mass is 287 g/mol. The molecule has 0 saturated carbocycles. The van der Waals surface area contributed by atoms with Gasteiger partial charge in [0.25, 0.3) is 5.56 Å². The van der Waals surface area contributed by atoms with Crippen molar-refractivity contribution < 1.29 is 0 Å². The molecule has 3 aliphatic rings. The third-order valence-electron chi connectivity index (χ3n) is 4.79. The summed E-state index contributed by atoms with van der Waals surface area (Å²) in [6.45, 7) is 3.29. The lowest BCUT2D eigenvalue weighted by Gasteiger charge is -2.45. The van der Waals surface area contributed by atoms with Gasteiger partial charge in [-0.2, -0.15) is 0 Å². The van der Waals surface area contributed by atoms with E-state index in [0.29, 0.717) is 10.7 Å². The molecule has 5 rings (SSSR count). The number of aromatic amines is 1. The lowest BCUT2D eigenvalue weighted by atomic mass is 9.84. The van der Waals surface area contributed by atoms with Gasteiger partial charge in [-0.05, 0) is 56.2 Å². The number of para-hydroxylation sites is 1. The summed E-state index contributed by atoms with van der Waals surface area (Å²) in [5, 5.41) is 0.734. The van der Waals surface area contributed by atoms with Crippen molar-refractivity contribution in [3.63, 3.8) is 0 Å². The number of hydrogen-bond donors (Lipinski definition) is 1. The third-order valence-corrected chi connectivity index (χ3v) is 5.09. The number of H-pyrrole nitrogens is 1. The Morgan fingerprint density at radius 1 is 1.20 bits per heavy atom. The van der Waals surface area contributed by atoms with Crippen molar-refractivity contribution in [2.24, 2.45) is 5.92 Å². The van der Waals surface area contributed by atoms with Gasteiger partial charge in [0.1, 0.15) is 0 Å². The lowest BCUT2D eigenvalue weighted by Crippen LogP contribution is -2.50. The van der Waals surface area contributed by atoms with Crippen molar-refractivity contribution in [2.75, 3.05) is 19.6 Å². The van der Waals surface area contributed by atoms with E-state index in [4.69, 9.17) is 12.2 Å². The average Bonchev–Trinajstić information content (AvgIpc) is 2.48. The molecular formula is C15H17N3OS. The Morgan fingerprint density at radius 3 is 2.65 bits per heavy atom. The van der Waals surface area contributed by atoms with Crippen LogP contribution < -0.4 is 5.56 Å². The van der Waals surface area contributed by atoms with E-state index in [0.717, 1.165) is 17.4 Å². The second kappa shape index (κ2) is 4.53. The number of hydrogen-bond acceptors (Lipinski definition) is 3. The number of rotatable bonds is 1. The van der Waals surface area contributed by atoms with Gasteiger partial charge in [-0.1, -0.05) is 12.1 Å². The standard InChI is InChI=1S/C15H17N3OS/c19-14-11-3-1-2-4-12(11)16-15(20)18(14)13-9-17-7-5-10(13)6-8-17/h1-4,10,13H,5-9H2,(H,16,20). The Hall–Kier alpha value is -1.46. The number of fused-ring (bicyclic) bond motifs is 4. The Morgan fingerprint density at radius 2 is 1.95 bits per heavy atom. The van der Waals surface area contributed by atoms with Gasteiger partial charge >= 0.3 is 0 Å². The minimum Gasteiger partial charge on any atom is -0.332 e. The largest absolute Gasteiger partial charge is 0.332 e. The van der Waals surface area contributed by atoms with Gasteiger partial charge in [0.15, 0.2) is 4.77 Å². The normalized spacial score (nSPS) is 28.9. The van der Waals surface area contributed by atoms with Gasteiger partial charge in [-0.25, -0.2) is 0 Å². The predicted molar refractivity (Wildman–Crippen MR) is 81.6 cm³/mol. The maximum atomic E-state index is 12.8. The van der Waals surface area contributed by atoms with E-state index in [1.807, 2.05) is 28.8 Å². The highest BCUT2D eigenvalue weighted by molar-refractivity contribution is 7.71. The summed E-state index contributed by atoms with van der Waals surface area (Å²) in [5.74, 6) is 0.592. The minimum atomic E-state index is 0.0584. The van der Waals surface area contributed by atoms with Crippen molar-refractivity contribution in [1.29, 1.82) is 0 Å². The molecule has 104 valence electrons. The van der Waals surface area contributed by atoms with Crippen molar-refractivity contribution in [2.45, 2.75) is 18.9 Å². The molecule has 1 unspecified atom stereocenters. The van der Waals surface area contributed by atoms with Gasteiger partial charge < -0.3 is 9.88 Å². The molecule has 3 fully saturated rings. The summed E-state index contributed by atoms with van der Waals surface area (Å²) >= 11 is 5.45. The molecule has 3 saturated heterocycles. The zero-order valence-corrected chi connectivity index (χ0v) is 12.0. The minimum absolute atomic E-state index is 0.0584. The first-order chi connectivity index (χ1) is 9.74. The van der Waals surface area contributed by atoms with Crippen LogP contribution in [0.2, 0.25) is 0 Å². The number of aromatic nitrogens is 2. The quantitative estimate of drug-likeness (QED) is 0.818. The summed E-state index contributed by atoms with van der Waals surface area (Å²) in [6.07, 6.45) is 2.36. The summed E-state index contributed by atoms with van der Waals surface area (Å²) < 4.78 is 2.39. The zero-order chi connectivity index (χ0) is 13.7. The van der Waals surface area contributed by atoms with Gasteiger partial charge in [0.05, 0.1) is 16.9 Å². The molecule has 20 heavy (non-hydrogen) atoms. The average molecular weight is 287 g/mol. The maximum Gasteiger partial charge on any atom is 0.262 e. The molecule has 1 N–H and O–H groups in total. The molecule has 5 heteroatoms. The summed E-state index contributed by atoms with van der Waals surface area (Å²) in [6, 6.07) is 7.85. The van der Waals surface area contributed by atoms with Crippen LogP contribution in [0.4, 0.5) is 0 Å². The first kappa shape index (κ1) is 12.3. The zero-order valence-electron chi connectivity index (χ0n) is 11.2. The Kier molecular flexibility index (Phi) is 2.79. The molecule has 1 aromatic carbocycles. The molecule has 4 nitrogen and oxygen atoms in total. The van der Waals surface area contributed by atoms with Crippen molar-refractivity contribution >= 4 is 23.1 Å². The fraction of sp³-hybridized carbons (Fsp3) is 0.467. The van der Waals surface area contributed by atoms with Crippen molar-refractivity contribution in [3.05, 3.63) is 39.4 Å². The van der Waals surface area contributed by atoms with E-state index in [9.17, 15) is 4.79 Å². The Balaban J connectivity index is 1.92. The molecule has 1 aromatic heterocycles. The van der Waals surface area contributed by atoms with Crippen LogP contribution >= 0.6 is 12.2 Å². The first-order valence-corrected chi connectivity index (χ1v) is 7.61. The van der Waals surface area contributed by atoms with Crippen LogP contribution in [-0.4, -0.2) is 34.1 Å². The van der Waals surface area contributed by atoms with E-state index >= 15 is 0 Å². The fourth-order valence-electron chi connectivity index (χ4n) is 3.70. The van der Waals surface area contributed by atoms with Gasteiger partial charge in [-0.15, -0.1) is 0 Å². The molecular weight excluding hydrogens is 270 g/mol. The molecule has 1 atom stereocenters. The highest BCUT2D eigenvalue weighted by atomic mass is 32.1. The van der Waals surface area contributed by atoms with Crippen LogP contribution in [0.1, 0.15) is 18.9 Å². The number of nitrogens with zero attached hydrogens (tertiary/aromatic N) is 2. The second-order valence-electron chi connectivity index (χ2n) is 5.86. The first-order valence-electron chi connectivity index (χ1n) is 7.20. The van der Waals surface area contributed by atoms with Gasteiger partial charge in [-0.3, -0.25) is 9.36 Å². The Bertz CT molecular complexity index is 771. The van der Waals surface area contributed by atoms with Crippen molar-refractivity contribution in [3.8, 4) is 0 Å². The molecule has 0 amide bonds. The molecule has 2 aromatic rings. The molecule has 2 bridgehead atoms. The Labute approximate surface area is 122 Å². The van der Waals surface area contributed by atoms with Crippen LogP contribution in [0.5, 0.6) is 0 Å². The molecule has 0 spiro atoms. The summed E-state index contributed by atoms with van der Waals surface area (Å²) in [5.41, 5.74) is 0.892. The molecule has 0 aliphatic carbocycles. The van der Waals surface area contributed by atoms with E-state index in [-0.39, 0.29) is 11.6 Å². The number of piperidine rings is 3. The number of nitrogens with one attached hydrogen (secondary N) is 1. The lowest BCUT2D eigenvalue weighted by molar-refractivity contribution is 0.0545. The van der Waals surface area contributed by atoms with Crippen molar-refractivity contribution in [1.82, 2.24) is 14.5 Å². The summed E-state index contributed by atoms with van der Waals surface area (Å²) in [7, 11) is 0. The highest BCUT2D eigenvalue weighted by Gasteiger charge is 2.36. The maximum absolute atomic E-state index is 12.8. The third kappa shape index (κ3) is 1.77. The molecule has 3 aliphatic heterocycles. The van der Waals surface area contributed by atoms with E-state index in [2.05, 4.69) is 9.88 Å². The molecule has 0 radical (unpaired) electrons. The molecule has 4 heterocycles. The summed E-state index contributed by atoms with van der Waals surface area (Å²) in [4.78, 5) is 18.4. The van der Waals surface area contributed by atoms with Gasteiger partial charge in [0.2, 0.25) is 0 Å². The van der Waals surface area contributed by atoms with Gasteiger partial charge in [0, 0.05) is 6.54 Å². The van der Waals surface area contributed by atoms with Crippen LogP contribution in [0.15, 0.2) is 29.1 Å². The number of benzene rings is 1. The predicted octanol–water partition coefficient (Wildman–Crippen LogP) is 2.33. The van der Waals surface area contributed by atoms with E-state index in [1.165, 1.54) is 25.9 Å². The van der Waals surface area contributed by atoms with Crippen LogP contribution in [0, 0.1) is 10.7 Å². The fourth-order valence-corrected chi connectivity index (χ4v) is 4.03. The SMILES string of the molecule is O=c1c2ccccc2[nH]c(=S)n1C1CN2CCC1CC2. The topological polar surface area (TPSA) is 41.0 Å². The van der Waals surface area contributed by atoms with E-state index in [1.54, 1.807) is 0 Å². The second-order valence-corrected chi connectivity index (χ2v) is 6.24. The van der Waals surface area contributed by atoms with Crippen LogP contribution in [-0.2, 0) is 0 Å². The van der Waals surface area contributed by atoms with Crippen LogP contribution in [0.25, 0.3) is 10.9 Å².